The second-order valence-electron chi connectivity index (χ2n) is 2.48. The van der Waals surface area contributed by atoms with Gasteiger partial charge in [-0.3, -0.25) is 0 Å². The molecule has 2 rings (SSSR count). The average Bonchev–Trinajstić information content (AvgIpc) is 2.54. The van der Waals surface area contributed by atoms with E-state index in [1.54, 1.807) is 6.20 Å². The van der Waals surface area contributed by atoms with Gasteiger partial charge in [-0.1, -0.05) is 6.92 Å². The van der Waals surface area contributed by atoms with Crippen LogP contribution in [0.3, 0.4) is 0 Å². The van der Waals surface area contributed by atoms with Gasteiger partial charge in [0.1, 0.15) is 6.33 Å². The quantitative estimate of drug-likeness (QED) is 0.644. The summed E-state index contributed by atoms with van der Waals surface area (Å²) in [6.07, 6.45) is 3.90. The van der Waals surface area contributed by atoms with Gasteiger partial charge in [-0.05, 0) is 6.42 Å². The summed E-state index contributed by atoms with van der Waals surface area (Å²) < 4.78 is 1.45. The number of nitrogens with zero attached hydrogens (tertiary/aromatic N) is 3. The molecule has 0 unspecified atom stereocenters. The zero-order chi connectivity index (χ0) is 8.55. The first kappa shape index (κ1) is 7.02. The molecule has 2 heterocycles. The SMILES string of the molecule is CCc1n[nH]c(=O)n2cncc12. The van der Waals surface area contributed by atoms with Gasteiger partial charge in [0.15, 0.2) is 0 Å². The molecule has 0 radical (unpaired) electrons. The van der Waals surface area contributed by atoms with Crippen molar-refractivity contribution in [2.24, 2.45) is 0 Å². The summed E-state index contributed by atoms with van der Waals surface area (Å²) >= 11 is 0. The fourth-order valence-corrected chi connectivity index (χ4v) is 1.16. The Hall–Kier alpha value is -1.65. The fraction of sp³-hybridized carbons (Fsp3) is 0.286. The predicted molar refractivity (Wildman–Crippen MR) is 43.0 cm³/mol. The molecule has 0 spiro atoms. The van der Waals surface area contributed by atoms with Gasteiger partial charge in [0, 0.05) is 0 Å². The molecule has 1 N–H and O–H groups in total. The van der Waals surface area contributed by atoms with E-state index in [9.17, 15) is 4.79 Å². The van der Waals surface area contributed by atoms with Crippen molar-refractivity contribution in [3.8, 4) is 0 Å². The van der Waals surface area contributed by atoms with E-state index in [-0.39, 0.29) is 5.69 Å². The van der Waals surface area contributed by atoms with E-state index in [0.29, 0.717) is 0 Å². The van der Waals surface area contributed by atoms with Crippen LogP contribution in [0.1, 0.15) is 12.6 Å². The van der Waals surface area contributed by atoms with Gasteiger partial charge >= 0.3 is 5.69 Å². The van der Waals surface area contributed by atoms with Crippen LogP contribution in [-0.4, -0.2) is 19.6 Å². The van der Waals surface area contributed by atoms with Crippen LogP contribution in [0.25, 0.3) is 5.52 Å². The Balaban J connectivity index is 2.92. The highest BCUT2D eigenvalue weighted by atomic mass is 16.1. The highest BCUT2D eigenvalue weighted by molar-refractivity contribution is 5.48. The molecule has 0 fully saturated rings. The highest BCUT2D eigenvalue weighted by Crippen LogP contribution is 2.02. The number of imidazole rings is 1. The van der Waals surface area contributed by atoms with Crippen molar-refractivity contribution < 1.29 is 0 Å². The van der Waals surface area contributed by atoms with Gasteiger partial charge in [0.2, 0.25) is 0 Å². The van der Waals surface area contributed by atoms with Crippen LogP contribution < -0.4 is 5.69 Å². The van der Waals surface area contributed by atoms with Crippen molar-refractivity contribution in [1.29, 1.82) is 0 Å². The maximum absolute atomic E-state index is 11.1. The average molecular weight is 164 g/mol. The number of H-pyrrole nitrogens is 1. The van der Waals surface area contributed by atoms with Gasteiger partial charge in [0.05, 0.1) is 17.4 Å². The van der Waals surface area contributed by atoms with E-state index >= 15 is 0 Å². The van der Waals surface area contributed by atoms with E-state index in [0.717, 1.165) is 17.6 Å². The Morgan fingerprint density at radius 1 is 1.67 bits per heavy atom. The first-order valence-corrected chi connectivity index (χ1v) is 3.72. The molecule has 0 amide bonds. The Kier molecular flexibility index (Phi) is 1.43. The van der Waals surface area contributed by atoms with Crippen molar-refractivity contribution in [3.63, 3.8) is 0 Å². The molecule has 2 aromatic heterocycles. The number of aromatic nitrogens is 4. The molecule has 5 heteroatoms. The number of aromatic amines is 1. The summed E-state index contributed by atoms with van der Waals surface area (Å²) in [5, 5.41) is 6.30. The maximum Gasteiger partial charge on any atom is 0.347 e. The lowest BCUT2D eigenvalue weighted by atomic mass is 10.3. The van der Waals surface area contributed by atoms with Crippen LogP contribution in [0.5, 0.6) is 0 Å². The third-order valence-electron chi connectivity index (χ3n) is 1.77. The molecule has 12 heavy (non-hydrogen) atoms. The molecule has 5 nitrogen and oxygen atoms in total. The predicted octanol–water partition coefficient (Wildman–Crippen LogP) is -0.0200. The Labute approximate surface area is 68.1 Å². The minimum absolute atomic E-state index is 0.250. The summed E-state index contributed by atoms with van der Waals surface area (Å²) in [6.45, 7) is 1.98. The number of nitrogens with one attached hydrogen (secondary N) is 1. The molecule has 0 saturated carbocycles. The van der Waals surface area contributed by atoms with Crippen molar-refractivity contribution in [2.75, 3.05) is 0 Å². The first-order valence-electron chi connectivity index (χ1n) is 3.72. The molecule has 62 valence electrons. The summed E-state index contributed by atoms with van der Waals surface area (Å²) in [4.78, 5) is 15.0. The fourth-order valence-electron chi connectivity index (χ4n) is 1.16. The second-order valence-corrected chi connectivity index (χ2v) is 2.48. The summed E-state index contributed by atoms with van der Waals surface area (Å²) in [6, 6.07) is 0. The summed E-state index contributed by atoms with van der Waals surface area (Å²) in [5.74, 6) is 0. The zero-order valence-corrected chi connectivity index (χ0v) is 6.61. The van der Waals surface area contributed by atoms with Crippen molar-refractivity contribution in [1.82, 2.24) is 19.6 Å². The Morgan fingerprint density at radius 2 is 2.50 bits per heavy atom. The molecular formula is C7H8N4O. The Bertz CT molecular complexity index is 456. The molecular weight excluding hydrogens is 156 g/mol. The number of fused-ring (bicyclic) bond motifs is 1. The smallest absolute Gasteiger partial charge is 0.248 e. The van der Waals surface area contributed by atoms with Gasteiger partial charge < -0.3 is 0 Å². The van der Waals surface area contributed by atoms with Crippen molar-refractivity contribution in [3.05, 3.63) is 28.7 Å². The number of aryl methyl sites for hydroxylation is 1. The van der Waals surface area contributed by atoms with Gasteiger partial charge in [-0.25, -0.2) is 19.3 Å². The molecule has 0 saturated heterocycles. The maximum atomic E-state index is 11.1. The Morgan fingerprint density at radius 3 is 3.25 bits per heavy atom. The second kappa shape index (κ2) is 2.44. The van der Waals surface area contributed by atoms with Crippen LogP contribution in [0.2, 0.25) is 0 Å². The topological polar surface area (TPSA) is 63.0 Å². The lowest BCUT2D eigenvalue weighted by Crippen LogP contribution is -2.18. The highest BCUT2D eigenvalue weighted by Gasteiger charge is 2.02. The van der Waals surface area contributed by atoms with E-state index in [1.165, 1.54) is 10.7 Å². The third kappa shape index (κ3) is 0.827. The van der Waals surface area contributed by atoms with Crippen LogP contribution in [0.15, 0.2) is 17.3 Å². The number of hydrogen-bond acceptors (Lipinski definition) is 3. The van der Waals surface area contributed by atoms with Crippen molar-refractivity contribution in [2.45, 2.75) is 13.3 Å². The monoisotopic (exact) mass is 164 g/mol. The van der Waals surface area contributed by atoms with E-state index < -0.39 is 0 Å². The molecule has 0 aliphatic rings. The number of hydrogen-bond donors (Lipinski definition) is 1. The first-order chi connectivity index (χ1) is 5.83. The van der Waals surface area contributed by atoms with E-state index in [4.69, 9.17) is 0 Å². The molecule has 0 aliphatic carbocycles. The van der Waals surface area contributed by atoms with Crippen LogP contribution in [0, 0.1) is 0 Å². The summed E-state index contributed by atoms with van der Waals surface area (Å²) in [7, 11) is 0. The minimum Gasteiger partial charge on any atom is -0.248 e. The van der Waals surface area contributed by atoms with Crippen molar-refractivity contribution >= 4 is 5.52 Å². The lowest BCUT2D eigenvalue weighted by molar-refractivity contribution is 0.833. The van der Waals surface area contributed by atoms with Gasteiger partial charge in [0.25, 0.3) is 0 Å². The van der Waals surface area contributed by atoms with Gasteiger partial charge in [-0.15, -0.1) is 0 Å². The molecule has 0 aromatic carbocycles. The van der Waals surface area contributed by atoms with Crippen LogP contribution >= 0.6 is 0 Å². The van der Waals surface area contributed by atoms with Crippen LogP contribution in [-0.2, 0) is 6.42 Å². The molecule has 0 aliphatic heterocycles. The summed E-state index contributed by atoms with van der Waals surface area (Å²) in [5.41, 5.74) is 1.38. The molecule has 0 atom stereocenters. The molecule has 2 aromatic rings. The normalized spacial score (nSPS) is 10.8. The van der Waals surface area contributed by atoms with E-state index in [2.05, 4.69) is 15.2 Å². The molecule has 0 bridgehead atoms. The lowest BCUT2D eigenvalue weighted by Gasteiger charge is -1.96. The largest absolute Gasteiger partial charge is 0.347 e. The standard InChI is InChI=1S/C7H8N4O/c1-2-5-6-3-8-4-11(6)7(12)10-9-5/h3-4H,2H2,1H3,(H,10,12). The third-order valence-corrected chi connectivity index (χ3v) is 1.77. The van der Waals surface area contributed by atoms with Crippen LogP contribution in [0.4, 0.5) is 0 Å². The zero-order valence-electron chi connectivity index (χ0n) is 6.61. The minimum atomic E-state index is -0.250. The van der Waals surface area contributed by atoms with E-state index in [1.807, 2.05) is 6.92 Å². The van der Waals surface area contributed by atoms with Gasteiger partial charge in [-0.2, -0.15) is 5.10 Å². The number of rotatable bonds is 1.